The molecule has 0 N–H and O–H groups in total. The third-order valence-corrected chi connectivity index (χ3v) is 5.72. The summed E-state index contributed by atoms with van der Waals surface area (Å²) in [5.74, 6) is 1.02. The minimum atomic E-state index is 0.0299. The lowest BCUT2D eigenvalue weighted by atomic mass is 10.1. The fourth-order valence-corrected chi connectivity index (χ4v) is 4.13. The predicted molar refractivity (Wildman–Crippen MR) is 122 cm³/mol. The van der Waals surface area contributed by atoms with Gasteiger partial charge in [-0.15, -0.1) is 0 Å². The number of carbonyl (C=O) groups is 1. The molecule has 4 aromatic rings. The van der Waals surface area contributed by atoms with Crippen molar-refractivity contribution < 1.29 is 4.79 Å². The maximum atomic E-state index is 13.3. The van der Waals surface area contributed by atoms with Crippen LogP contribution in [0.25, 0.3) is 11.5 Å². The number of rotatable bonds is 4. The van der Waals surface area contributed by atoms with Crippen LogP contribution in [0, 0.1) is 6.92 Å². The van der Waals surface area contributed by atoms with Crippen LogP contribution in [-0.2, 0) is 13.1 Å². The summed E-state index contributed by atoms with van der Waals surface area (Å²) in [7, 11) is 3.96. The third-order valence-electron chi connectivity index (χ3n) is 5.72. The number of aromatic nitrogens is 3. The SMILES string of the molecule is Cc1cccc(-n2nc3c(c2-n2cccc2)CN(C(=O)c2cccc(N(C)C)c2)C3)c1. The van der Waals surface area contributed by atoms with Crippen LogP contribution < -0.4 is 4.90 Å². The minimum Gasteiger partial charge on any atom is -0.378 e. The van der Waals surface area contributed by atoms with Gasteiger partial charge >= 0.3 is 0 Å². The van der Waals surface area contributed by atoms with Gasteiger partial charge in [0.2, 0.25) is 0 Å². The van der Waals surface area contributed by atoms with Gasteiger partial charge in [-0.25, -0.2) is 4.68 Å². The normalized spacial score (nSPS) is 12.8. The van der Waals surface area contributed by atoms with Gasteiger partial charge in [0, 0.05) is 43.3 Å². The van der Waals surface area contributed by atoms with E-state index in [1.54, 1.807) is 0 Å². The number of hydrogen-bond donors (Lipinski definition) is 0. The van der Waals surface area contributed by atoms with Crippen molar-refractivity contribution in [3.8, 4) is 11.5 Å². The highest BCUT2D eigenvalue weighted by Crippen LogP contribution is 2.31. The Morgan fingerprint density at radius 2 is 1.74 bits per heavy atom. The summed E-state index contributed by atoms with van der Waals surface area (Å²) < 4.78 is 4.07. The highest BCUT2D eigenvalue weighted by atomic mass is 16.2. The summed E-state index contributed by atoms with van der Waals surface area (Å²) >= 11 is 0. The van der Waals surface area contributed by atoms with Crippen molar-refractivity contribution in [2.75, 3.05) is 19.0 Å². The highest BCUT2D eigenvalue weighted by Gasteiger charge is 2.32. The van der Waals surface area contributed by atoms with E-state index in [4.69, 9.17) is 5.10 Å². The Balaban J connectivity index is 1.52. The second-order valence-electron chi connectivity index (χ2n) is 8.20. The molecule has 0 saturated carbocycles. The topological polar surface area (TPSA) is 46.3 Å². The molecular formula is C25H25N5O. The number of nitrogens with zero attached hydrogens (tertiary/aromatic N) is 5. The van der Waals surface area contributed by atoms with Crippen LogP contribution in [-0.4, -0.2) is 39.3 Å². The van der Waals surface area contributed by atoms with Gasteiger partial charge in [0.25, 0.3) is 5.91 Å². The van der Waals surface area contributed by atoms with E-state index in [1.165, 1.54) is 5.56 Å². The average molecular weight is 412 g/mol. The van der Waals surface area contributed by atoms with Crippen LogP contribution in [0.3, 0.4) is 0 Å². The van der Waals surface area contributed by atoms with E-state index < -0.39 is 0 Å². The largest absolute Gasteiger partial charge is 0.378 e. The number of hydrogen-bond acceptors (Lipinski definition) is 3. The lowest BCUT2D eigenvalue weighted by Gasteiger charge is -2.19. The number of amides is 1. The molecule has 156 valence electrons. The van der Waals surface area contributed by atoms with Gasteiger partial charge < -0.3 is 14.4 Å². The van der Waals surface area contributed by atoms with E-state index in [2.05, 4.69) is 29.7 Å². The van der Waals surface area contributed by atoms with E-state index in [0.29, 0.717) is 18.7 Å². The molecule has 1 aliphatic heterocycles. The molecule has 6 heteroatoms. The summed E-state index contributed by atoms with van der Waals surface area (Å²) in [6, 6.07) is 20.1. The van der Waals surface area contributed by atoms with Gasteiger partial charge in [-0.05, 0) is 55.0 Å². The highest BCUT2D eigenvalue weighted by molar-refractivity contribution is 5.95. The van der Waals surface area contributed by atoms with Crippen molar-refractivity contribution in [3.63, 3.8) is 0 Å². The Hall–Kier alpha value is -3.80. The van der Waals surface area contributed by atoms with Crippen molar-refractivity contribution >= 4 is 11.6 Å². The second kappa shape index (κ2) is 7.47. The summed E-state index contributed by atoms with van der Waals surface area (Å²) in [4.78, 5) is 17.1. The first-order valence-corrected chi connectivity index (χ1v) is 10.4. The Labute approximate surface area is 181 Å². The van der Waals surface area contributed by atoms with Gasteiger partial charge in [-0.2, -0.15) is 5.10 Å². The van der Waals surface area contributed by atoms with E-state index in [9.17, 15) is 4.79 Å². The average Bonchev–Trinajstić information content (AvgIpc) is 3.49. The predicted octanol–water partition coefficient (Wildman–Crippen LogP) is 4.19. The monoisotopic (exact) mass is 411 g/mol. The van der Waals surface area contributed by atoms with Gasteiger partial charge in [0.15, 0.2) is 0 Å². The molecule has 1 aliphatic rings. The quantitative estimate of drug-likeness (QED) is 0.506. The molecule has 0 saturated heterocycles. The molecule has 1 amide bonds. The zero-order chi connectivity index (χ0) is 21.5. The first-order valence-electron chi connectivity index (χ1n) is 10.4. The molecule has 0 unspecified atom stereocenters. The summed E-state index contributed by atoms with van der Waals surface area (Å²) in [5, 5.41) is 4.92. The molecule has 0 atom stereocenters. The second-order valence-corrected chi connectivity index (χ2v) is 8.20. The van der Waals surface area contributed by atoms with Crippen molar-refractivity contribution in [2.24, 2.45) is 0 Å². The summed E-state index contributed by atoms with van der Waals surface area (Å²) in [5.41, 5.74) is 5.96. The van der Waals surface area contributed by atoms with Crippen LogP contribution >= 0.6 is 0 Å². The standard InChI is InChI=1S/C25H25N5O/c1-18-8-6-11-21(14-18)30-24(28-12-4-5-13-28)22-16-29(17-23(22)26-30)25(31)19-9-7-10-20(15-19)27(2)3/h4-15H,16-17H2,1-3H3. The molecular weight excluding hydrogens is 386 g/mol. The molecule has 0 spiro atoms. The van der Waals surface area contributed by atoms with Crippen LogP contribution in [0.1, 0.15) is 27.2 Å². The molecule has 3 heterocycles. The molecule has 31 heavy (non-hydrogen) atoms. The Kier molecular flexibility index (Phi) is 4.62. The first-order chi connectivity index (χ1) is 15.0. The molecule has 0 fully saturated rings. The van der Waals surface area contributed by atoms with Crippen molar-refractivity contribution in [1.29, 1.82) is 0 Å². The molecule has 0 bridgehead atoms. The zero-order valence-corrected chi connectivity index (χ0v) is 18.0. The summed E-state index contributed by atoms with van der Waals surface area (Å²) in [6.45, 7) is 3.13. The summed E-state index contributed by atoms with van der Waals surface area (Å²) in [6.07, 6.45) is 4.04. The number of carbonyl (C=O) groups excluding carboxylic acids is 1. The zero-order valence-electron chi connectivity index (χ0n) is 18.0. The van der Waals surface area contributed by atoms with Crippen LogP contribution in [0.15, 0.2) is 73.1 Å². The number of benzene rings is 2. The van der Waals surface area contributed by atoms with Crippen LogP contribution in [0.2, 0.25) is 0 Å². The van der Waals surface area contributed by atoms with Crippen LogP contribution in [0.4, 0.5) is 5.69 Å². The molecule has 6 nitrogen and oxygen atoms in total. The van der Waals surface area contributed by atoms with Gasteiger partial charge in [-0.1, -0.05) is 18.2 Å². The van der Waals surface area contributed by atoms with Crippen LogP contribution in [0.5, 0.6) is 0 Å². The molecule has 0 aliphatic carbocycles. The van der Waals surface area contributed by atoms with Crippen molar-refractivity contribution in [1.82, 2.24) is 19.2 Å². The van der Waals surface area contributed by atoms with E-state index in [-0.39, 0.29) is 5.91 Å². The van der Waals surface area contributed by atoms with Gasteiger partial charge in [0.1, 0.15) is 5.82 Å². The fourth-order valence-electron chi connectivity index (χ4n) is 4.13. The third kappa shape index (κ3) is 3.40. The van der Waals surface area contributed by atoms with E-state index in [0.717, 1.165) is 28.5 Å². The smallest absolute Gasteiger partial charge is 0.254 e. The van der Waals surface area contributed by atoms with Crippen molar-refractivity contribution in [2.45, 2.75) is 20.0 Å². The van der Waals surface area contributed by atoms with E-state index >= 15 is 0 Å². The maximum Gasteiger partial charge on any atom is 0.254 e. The maximum absolute atomic E-state index is 13.3. The Morgan fingerprint density at radius 3 is 2.48 bits per heavy atom. The van der Waals surface area contributed by atoms with Gasteiger partial charge in [0.05, 0.1) is 24.5 Å². The molecule has 0 radical (unpaired) electrons. The lowest BCUT2D eigenvalue weighted by Crippen LogP contribution is -2.26. The minimum absolute atomic E-state index is 0.0299. The number of fused-ring (bicyclic) bond motifs is 1. The van der Waals surface area contributed by atoms with Crippen molar-refractivity contribution in [3.05, 3.63) is 95.4 Å². The lowest BCUT2D eigenvalue weighted by molar-refractivity contribution is 0.0749. The fraction of sp³-hybridized carbons (Fsp3) is 0.200. The Morgan fingerprint density at radius 1 is 0.968 bits per heavy atom. The first kappa shape index (κ1) is 19.2. The van der Waals surface area contributed by atoms with Gasteiger partial charge in [-0.3, -0.25) is 4.79 Å². The molecule has 2 aromatic heterocycles. The molecule has 5 rings (SSSR count). The number of aryl methyl sites for hydroxylation is 1. The Bertz CT molecular complexity index is 1250. The number of anilines is 1. The molecule has 2 aromatic carbocycles. The van der Waals surface area contributed by atoms with E-state index in [1.807, 2.05) is 83.4 Å².